The van der Waals surface area contributed by atoms with Crippen LogP contribution in [0, 0.1) is 17.0 Å². The van der Waals surface area contributed by atoms with E-state index >= 15 is 0 Å². The molecule has 0 bridgehead atoms. The van der Waals surface area contributed by atoms with Crippen molar-refractivity contribution in [2.45, 2.75) is 31.6 Å². The van der Waals surface area contributed by atoms with Gasteiger partial charge in [-0.2, -0.15) is 0 Å². The molecule has 2 heterocycles. The number of carbonyl (C=O) groups is 1. The summed E-state index contributed by atoms with van der Waals surface area (Å²) >= 11 is 0. The van der Waals surface area contributed by atoms with Crippen LogP contribution in [0.15, 0.2) is 24.5 Å². The molecule has 2 aromatic rings. The van der Waals surface area contributed by atoms with Crippen molar-refractivity contribution in [2.75, 3.05) is 13.1 Å². The van der Waals surface area contributed by atoms with Gasteiger partial charge in [-0.25, -0.2) is 8.78 Å². The molecule has 132 valence electrons. The minimum Gasteiger partial charge on any atom is -0.337 e. The van der Waals surface area contributed by atoms with Crippen LogP contribution in [0.4, 0.5) is 8.78 Å². The number of hydrogen-bond acceptors (Lipinski definition) is 3. The van der Waals surface area contributed by atoms with Gasteiger partial charge >= 0.3 is 0 Å². The van der Waals surface area contributed by atoms with Crippen LogP contribution in [0.1, 0.15) is 47.8 Å². The smallest absolute Gasteiger partial charge is 0.256 e. The van der Waals surface area contributed by atoms with E-state index in [1.165, 1.54) is 6.07 Å². The molecule has 1 aromatic heterocycles. The molecule has 4 rings (SSSR count). The average molecular weight is 346 g/mol. The molecule has 1 aromatic carbocycles. The fraction of sp³-hybridized carbons (Fsp3) is 0.500. The number of likely N-dealkylation sites (tertiary alicyclic amines) is 1. The fourth-order valence-electron chi connectivity index (χ4n) is 4.51. The third kappa shape index (κ3) is 2.62. The van der Waals surface area contributed by atoms with E-state index in [0.29, 0.717) is 13.1 Å². The number of nitrogens with zero attached hydrogens (tertiary/aromatic N) is 4. The van der Waals surface area contributed by atoms with Crippen LogP contribution < -0.4 is 0 Å². The minimum absolute atomic E-state index is 0.0209. The number of amides is 1. The summed E-state index contributed by atoms with van der Waals surface area (Å²) in [4.78, 5) is 14.5. The summed E-state index contributed by atoms with van der Waals surface area (Å²) in [5.74, 6) is -0.910. The topological polar surface area (TPSA) is 51.0 Å². The fourth-order valence-corrected chi connectivity index (χ4v) is 4.51. The highest BCUT2D eigenvalue weighted by atomic mass is 19.1. The quantitative estimate of drug-likeness (QED) is 0.840. The molecule has 1 saturated carbocycles. The molecule has 1 amide bonds. The van der Waals surface area contributed by atoms with Gasteiger partial charge in [0.05, 0.1) is 5.56 Å². The molecule has 1 unspecified atom stereocenters. The monoisotopic (exact) mass is 346 g/mol. The van der Waals surface area contributed by atoms with Crippen LogP contribution in [-0.2, 0) is 7.05 Å². The number of aromatic nitrogens is 3. The zero-order valence-electron chi connectivity index (χ0n) is 14.1. The number of aryl methyl sites for hydroxylation is 1. The van der Waals surface area contributed by atoms with Gasteiger partial charge in [0.25, 0.3) is 5.91 Å². The molecule has 1 spiro atoms. The second-order valence-electron chi connectivity index (χ2n) is 7.23. The first kappa shape index (κ1) is 16.2. The third-order valence-corrected chi connectivity index (χ3v) is 5.75. The van der Waals surface area contributed by atoms with Gasteiger partial charge in [-0.3, -0.25) is 4.79 Å². The summed E-state index contributed by atoms with van der Waals surface area (Å²) < 4.78 is 29.1. The summed E-state index contributed by atoms with van der Waals surface area (Å²) in [6.07, 6.45) is 5.98. The number of rotatable bonds is 2. The highest BCUT2D eigenvalue weighted by molar-refractivity contribution is 5.94. The van der Waals surface area contributed by atoms with E-state index in [2.05, 4.69) is 10.2 Å². The van der Waals surface area contributed by atoms with Crippen LogP contribution in [0.3, 0.4) is 0 Å². The first-order chi connectivity index (χ1) is 12.0. The Bertz CT molecular complexity index is 813. The van der Waals surface area contributed by atoms with Crippen molar-refractivity contribution in [3.8, 4) is 0 Å². The summed E-state index contributed by atoms with van der Waals surface area (Å²) in [5.41, 5.74) is -0.0966. The van der Waals surface area contributed by atoms with Crippen molar-refractivity contribution in [2.24, 2.45) is 12.5 Å². The van der Waals surface area contributed by atoms with E-state index in [9.17, 15) is 13.6 Å². The Morgan fingerprint density at radius 3 is 2.68 bits per heavy atom. The van der Waals surface area contributed by atoms with Gasteiger partial charge in [0.2, 0.25) is 0 Å². The van der Waals surface area contributed by atoms with Gasteiger partial charge in [-0.1, -0.05) is 12.8 Å². The third-order valence-electron chi connectivity index (χ3n) is 5.75. The normalized spacial score (nSPS) is 22.0. The van der Waals surface area contributed by atoms with Crippen molar-refractivity contribution in [3.05, 3.63) is 47.5 Å². The molecular formula is C18H20F2N4O. The molecular weight excluding hydrogens is 326 g/mol. The molecule has 1 aliphatic carbocycles. The second-order valence-corrected chi connectivity index (χ2v) is 7.23. The van der Waals surface area contributed by atoms with Crippen molar-refractivity contribution >= 4 is 5.91 Å². The van der Waals surface area contributed by atoms with Crippen LogP contribution >= 0.6 is 0 Å². The number of benzene rings is 1. The summed E-state index contributed by atoms with van der Waals surface area (Å²) in [5, 5.41) is 8.24. The van der Waals surface area contributed by atoms with Crippen LogP contribution in [0.2, 0.25) is 0 Å². The molecule has 25 heavy (non-hydrogen) atoms. The first-order valence-corrected chi connectivity index (χ1v) is 8.58. The largest absolute Gasteiger partial charge is 0.337 e. The molecule has 2 fully saturated rings. The molecule has 1 aliphatic heterocycles. The Morgan fingerprint density at radius 2 is 2.04 bits per heavy atom. The van der Waals surface area contributed by atoms with E-state index in [1.807, 2.05) is 11.6 Å². The lowest BCUT2D eigenvalue weighted by Crippen LogP contribution is -2.31. The van der Waals surface area contributed by atoms with Crippen molar-refractivity contribution in [1.29, 1.82) is 0 Å². The maximum atomic E-state index is 14.0. The van der Waals surface area contributed by atoms with E-state index < -0.39 is 11.6 Å². The standard InChI is InChI=1S/C18H20F2N4O/c1-23-11-21-22-16(23)14-9-24(10-18(14)6-2-3-7-18)17(25)13-5-4-12(19)8-15(13)20/h4-5,8,11,14H,2-3,6-7,9-10H2,1H3. The second kappa shape index (κ2) is 5.89. The number of halogens is 2. The van der Waals surface area contributed by atoms with Crippen LogP contribution in [-0.4, -0.2) is 38.7 Å². The van der Waals surface area contributed by atoms with E-state index in [1.54, 1.807) is 11.2 Å². The highest BCUT2D eigenvalue weighted by Crippen LogP contribution is 2.53. The summed E-state index contributed by atoms with van der Waals surface area (Å²) in [6.45, 7) is 1.07. The molecule has 0 radical (unpaired) electrons. The zero-order valence-corrected chi connectivity index (χ0v) is 14.1. The van der Waals surface area contributed by atoms with Crippen molar-refractivity contribution in [3.63, 3.8) is 0 Å². The lowest BCUT2D eigenvalue weighted by Gasteiger charge is -2.28. The first-order valence-electron chi connectivity index (χ1n) is 8.58. The summed E-state index contributed by atoms with van der Waals surface area (Å²) in [7, 11) is 1.90. The van der Waals surface area contributed by atoms with Gasteiger partial charge in [0, 0.05) is 32.1 Å². The molecule has 7 heteroatoms. The maximum Gasteiger partial charge on any atom is 0.256 e. The predicted octanol–water partition coefficient (Wildman–Crippen LogP) is 2.89. The molecule has 5 nitrogen and oxygen atoms in total. The highest BCUT2D eigenvalue weighted by Gasteiger charge is 2.51. The Balaban J connectivity index is 1.66. The van der Waals surface area contributed by atoms with Crippen molar-refractivity contribution in [1.82, 2.24) is 19.7 Å². The molecule has 1 atom stereocenters. The molecule has 0 N–H and O–H groups in total. The lowest BCUT2D eigenvalue weighted by molar-refractivity contribution is 0.0768. The van der Waals surface area contributed by atoms with Gasteiger partial charge < -0.3 is 9.47 Å². The van der Waals surface area contributed by atoms with E-state index in [0.717, 1.165) is 43.6 Å². The zero-order chi connectivity index (χ0) is 17.6. The van der Waals surface area contributed by atoms with Gasteiger partial charge in [-0.05, 0) is 30.4 Å². The van der Waals surface area contributed by atoms with Crippen LogP contribution in [0.25, 0.3) is 0 Å². The van der Waals surface area contributed by atoms with Gasteiger partial charge in [0.1, 0.15) is 23.8 Å². The summed E-state index contributed by atoms with van der Waals surface area (Å²) in [6, 6.07) is 3.11. The van der Waals surface area contributed by atoms with E-state index in [-0.39, 0.29) is 22.8 Å². The average Bonchev–Trinajstić information content (AvgIpc) is 3.29. The number of hydrogen-bond donors (Lipinski definition) is 0. The predicted molar refractivity (Wildman–Crippen MR) is 86.9 cm³/mol. The molecule has 1 saturated heterocycles. The lowest BCUT2D eigenvalue weighted by atomic mass is 9.76. The Hall–Kier alpha value is -2.31. The van der Waals surface area contributed by atoms with E-state index in [4.69, 9.17) is 0 Å². The SMILES string of the molecule is Cn1cnnc1C1CN(C(=O)c2ccc(F)cc2F)CC12CCCC2. The minimum atomic E-state index is -0.812. The number of carbonyl (C=O) groups excluding carboxylic acids is 1. The van der Waals surface area contributed by atoms with Gasteiger partial charge in [0.15, 0.2) is 0 Å². The van der Waals surface area contributed by atoms with Gasteiger partial charge in [-0.15, -0.1) is 10.2 Å². The molecule has 2 aliphatic rings. The Morgan fingerprint density at radius 1 is 1.28 bits per heavy atom. The Labute approximate surface area is 144 Å². The Kier molecular flexibility index (Phi) is 3.81. The maximum absolute atomic E-state index is 14.0. The van der Waals surface area contributed by atoms with Crippen molar-refractivity contribution < 1.29 is 13.6 Å². The van der Waals surface area contributed by atoms with Crippen LogP contribution in [0.5, 0.6) is 0 Å².